The molecule has 1 heterocycles. The quantitative estimate of drug-likeness (QED) is 0.525. The van der Waals surface area contributed by atoms with Crippen LogP contribution in [0.15, 0.2) is 58.4 Å². The van der Waals surface area contributed by atoms with E-state index in [-0.39, 0.29) is 17.9 Å². The number of carbonyl (C=O) groups is 1. The zero-order valence-corrected chi connectivity index (χ0v) is 14.2. The molecule has 0 saturated carbocycles. The summed E-state index contributed by atoms with van der Waals surface area (Å²) in [7, 11) is 0. The van der Waals surface area contributed by atoms with Crippen LogP contribution in [-0.2, 0) is 11.2 Å². The molecule has 26 heavy (non-hydrogen) atoms. The Bertz CT molecular complexity index is 994. The van der Waals surface area contributed by atoms with E-state index < -0.39 is 0 Å². The number of amides is 1. The second kappa shape index (κ2) is 8.06. The van der Waals surface area contributed by atoms with Crippen molar-refractivity contribution in [1.82, 2.24) is 15.6 Å². The molecule has 3 rings (SSSR count). The van der Waals surface area contributed by atoms with Gasteiger partial charge in [0.1, 0.15) is 5.75 Å². The second-order valence-corrected chi connectivity index (χ2v) is 5.52. The van der Waals surface area contributed by atoms with Crippen molar-refractivity contribution < 1.29 is 9.53 Å². The van der Waals surface area contributed by atoms with Gasteiger partial charge in [0, 0.05) is 5.39 Å². The van der Waals surface area contributed by atoms with Crippen LogP contribution in [0.25, 0.3) is 10.8 Å². The number of aromatic amines is 1. The van der Waals surface area contributed by atoms with E-state index in [0.717, 1.165) is 11.3 Å². The molecule has 0 bridgehead atoms. The number of H-pyrrole nitrogens is 1. The fraction of sp³-hybridized carbons (Fsp3) is 0.158. The van der Waals surface area contributed by atoms with E-state index in [1.807, 2.05) is 31.2 Å². The third-order valence-corrected chi connectivity index (χ3v) is 3.70. The highest BCUT2D eigenvalue weighted by atomic mass is 16.5. The van der Waals surface area contributed by atoms with Crippen molar-refractivity contribution in [2.24, 2.45) is 5.10 Å². The van der Waals surface area contributed by atoms with Crippen molar-refractivity contribution in [2.45, 2.75) is 13.3 Å². The van der Waals surface area contributed by atoms with Gasteiger partial charge in [-0.05, 0) is 42.8 Å². The number of rotatable bonds is 6. The summed E-state index contributed by atoms with van der Waals surface area (Å²) in [6.45, 7) is 2.53. The SMILES string of the molecule is CCOc1ccc(/C=N/NC(=O)Cc2n[nH]c(=O)c3ccccc23)cc1. The van der Waals surface area contributed by atoms with Gasteiger partial charge in [0.2, 0.25) is 5.91 Å². The Morgan fingerprint density at radius 3 is 2.65 bits per heavy atom. The normalized spacial score (nSPS) is 11.0. The van der Waals surface area contributed by atoms with E-state index in [1.165, 1.54) is 0 Å². The first-order valence-electron chi connectivity index (χ1n) is 8.18. The zero-order valence-electron chi connectivity index (χ0n) is 14.2. The van der Waals surface area contributed by atoms with E-state index in [9.17, 15) is 9.59 Å². The number of hydrogen-bond acceptors (Lipinski definition) is 5. The minimum atomic E-state index is -0.322. The number of carbonyl (C=O) groups excluding carboxylic acids is 1. The summed E-state index contributed by atoms with van der Waals surface area (Å²) < 4.78 is 5.37. The summed E-state index contributed by atoms with van der Waals surface area (Å²) in [5, 5.41) is 11.5. The number of nitrogens with zero attached hydrogens (tertiary/aromatic N) is 2. The molecule has 7 nitrogen and oxygen atoms in total. The van der Waals surface area contributed by atoms with E-state index in [0.29, 0.717) is 23.1 Å². The third kappa shape index (κ3) is 4.13. The first-order valence-corrected chi connectivity index (χ1v) is 8.18. The molecule has 0 saturated heterocycles. The monoisotopic (exact) mass is 350 g/mol. The third-order valence-electron chi connectivity index (χ3n) is 3.70. The number of hydrazone groups is 1. The van der Waals surface area contributed by atoms with Gasteiger partial charge in [0.25, 0.3) is 5.56 Å². The number of fused-ring (bicyclic) bond motifs is 1. The lowest BCUT2D eigenvalue weighted by atomic mass is 10.1. The standard InChI is InChI=1S/C19H18N4O3/c1-2-26-14-9-7-13(8-10-14)12-20-22-18(24)11-17-15-5-3-4-6-16(15)19(25)23-21-17/h3-10,12H,2,11H2,1H3,(H,22,24)(H,23,25)/b20-12+. The van der Waals surface area contributed by atoms with E-state index in [2.05, 4.69) is 20.7 Å². The van der Waals surface area contributed by atoms with E-state index in [1.54, 1.807) is 30.5 Å². The molecule has 0 atom stereocenters. The number of nitrogens with one attached hydrogen (secondary N) is 2. The Morgan fingerprint density at radius 1 is 1.19 bits per heavy atom. The van der Waals surface area contributed by atoms with Crippen molar-refractivity contribution in [3.8, 4) is 5.75 Å². The highest BCUT2D eigenvalue weighted by Gasteiger charge is 2.10. The molecule has 132 valence electrons. The molecule has 0 aliphatic heterocycles. The molecule has 0 aliphatic rings. The van der Waals surface area contributed by atoms with Crippen molar-refractivity contribution in [1.29, 1.82) is 0 Å². The van der Waals surface area contributed by atoms with Crippen molar-refractivity contribution in [3.63, 3.8) is 0 Å². The van der Waals surface area contributed by atoms with Crippen LogP contribution in [0, 0.1) is 0 Å². The van der Waals surface area contributed by atoms with Crippen LogP contribution in [0.4, 0.5) is 0 Å². The van der Waals surface area contributed by atoms with Gasteiger partial charge in [-0.2, -0.15) is 10.2 Å². The average Bonchev–Trinajstić information content (AvgIpc) is 2.66. The van der Waals surface area contributed by atoms with Crippen LogP contribution in [0.2, 0.25) is 0 Å². The Balaban J connectivity index is 1.64. The highest BCUT2D eigenvalue weighted by Crippen LogP contribution is 2.13. The lowest BCUT2D eigenvalue weighted by Crippen LogP contribution is -2.22. The van der Waals surface area contributed by atoms with Crippen molar-refractivity contribution >= 4 is 22.9 Å². The summed E-state index contributed by atoms with van der Waals surface area (Å²) >= 11 is 0. The van der Waals surface area contributed by atoms with Gasteiger partial charge in [-0.15, -0.1) is 0 Å². The Morgan fingerprint density at radius 2 is 1.92 bits per heavy atom. The molecule has 0 aliphatic carbocycles. The van der Waals surface area contributed by atoms with Crippen LogP contribution in [0.1, 0.15) is 18.2 Å². The first kappa shape index (κ1) is 17.3. The Labute approximate surface area is 149 Å². The summed E-state index contributed by atoms with van der Waals surface area (Å²) in [5.74, 6) is 0.460. The summed E-state index contributed by atoms with van der Waals surface area (Å²) in [4.78, 5) is 23.9. The summed E-state index contributed by atoms with van der Waals surface area (Å²) in [6.07, 6.45) is 1.56. The average molecular weight is 350 g/mol. The van der Waals surface area contributed by atoms with Crippen LogP contribution >= 0.6 is 0 Å². The number of aromatic nitrogens is 2. The fourth-order valence-corrected chi connectivity index (χ4v) is 2.49. The van der Waals surface area contributed by atoms with Crippen LogP contribution in [-0.4, -0.2) is 28.9 Å². The van der Waals surface area contributed by atoms with Gasteiger partial charge in [-0.25, -0.2) is 10.5 Å². The molecular weight excluding hydrogens is 332 g/mol. The molecular formula is C19H18N4O3. The van der Waals surface area contributed by atoms with E-state index in [4.69, 9.17) is 4.74 Å². The summed E-state index contributed by atoms with van der Waals surface area (Å²) in [6, 6.07) is 14.4. The van der Waals surface area contributed by atoms with Gasteiger partial charge in [0.15, 0.2) is 0 Å². The maximum Gasteiger partial charge on any atom is 0.272 e. The molecule has 1 aromatic heterocycles. The smallest absolute Gasteiger partial charge is 0.272 e. The maximum absolute atomic E-state index is 12.1. The Hall–Kier alpha value is -3.48. The van der Waals surface area contributed by atoms with Gasteiger partial charge >= 0.3 is 0 Å². The minimum Gasteiger partial charge on any atom is -0.494 e. The molecule has 0 unspecified atom stereocenters. The molecule has 0 spiro atoms. The number of ether oxygens (including phenoxy) is 1. The largest absolute Gasteiger partial charge is 0.494 e. The van der Waals surface area contributed by atoms with Crippen molar-refractivity contribution in [3.05, 3.63) is 70.1 Å². The molecule has 2 N–H and O–H groups in total. The zero-order chi connectivity index (χ0) is 18.4. The van der Waals surface area contributed by atoms with Gasteiger partial charge in [-0.3, -0.25) is 9.59 Å². The number of hydrogen-bond donors (Lipinski definition) is 2. The van der Waals surface area contributed by atoms with E-state index >= 15 is 0 Å². The molecule has 0 radical (unpaired) electrons. The van der Waals surface area contributed by atoms with Crippen molar-refractivity contribution in [2.75, 3.05) is 6.61 Å². The van der Waals surface area contributed by atoms with Gasteiger partial charge in [-0.1, -0.05) is 18.2 Å². The molecule has 7 heteroatoms. The molecule has 3 aromatic rings. The lowest BCUT2D eigenvalue weighted by Gasteiger charge is -2.04. The molecule has 1 amide bonds. The van der Waals surface area contributed by atoms with Crippen LogP contribution in [0.3, 0.4) is 0 Å². The predicted octanol–water partition coefficient (Wildman–Crippen LogP) is 2.01. The molecule has 0 fully saturated rings. The topological polar surface area (TPSA) is 96.4 Å². The van der Waals surface area contributed by atoms with Crippen LogP contribution in [0.5, 0.6) is 5.75 Å². The second-order valence-electron chi connectivity index (χ2n) is 5.52. The maximum atomic E-state index is 12.1. The first-order chi connectivity index (χ1) is 12.7. The van der Waals surface area contributed by atoms with Crippen LogP contribution < -0.4 is 15.7 Å². The summed E-state index contributed by atoms with van der Waals surface area (Å²) in [5.41, 5.74) is 3.52. The molecule has 2 aromatic carbocycles. The van der Waals surface area contributed by atoms with Gasteiger partial charge < -0.3 is 4.74 Å². The van der Waals surface area contributed by atoms with Gasteiger partial charge in [0.05, 0.1) is 30.3 Å². The lowest BCUT2D eigenvalue weighted by molar-refractivity contribution is -0.120. The fourth-order valence-electron chi connectivity index (χ4n) is 2.49. The Kier molecular flexibility index (Phi) is 5.38. The predicted molar refractivity (Wildman–Crippen MR) is 99.4 cm³/mol. The highest BCUT2D eigenvalue weighted by molar-refractivity contribution is 5.89. The number of benzene rings is 2. The minimum absolute atomic E-state index is 0.0118.